The van der Waals surface area contributed by atoms with E-state index in [0.717, 1.165) is 0 Å². The van der Waals surface area contributed by atoms with Gasteiger partial charge in [0.25, 0.3) is 5.69 Å². The third-order valence-corrected chi connectivity index (χ3v) is 2.85. The third kappa shape index (κ3) is 3.40. The van der Waals surface area contributed by atoms with Gasteiger partial charge < -0.3 is 10.2 Å². The molecule has 0 spiro atoms. The van der Waals surface area contributed by atoms with Gasteiger partial charge in [-0.2, -0.15) is 5.10 Å². The van der Waals surface area contributed by atoms with Gasteiger partial charge in [-0.15, -0.1) is 0 Å². The zero-order chi connectivity index (χ0) is 15.4. The van der Waals surface area contributed by atoms with Crippen molar-refractivity contribution in [3.05, 3.63) is 57.1 Å². The number of hydrogen-bond acceptors (Lipinski definition) is 6. The van der Waals surface area contributed by atoms with Crippen molar-refractivity contribution in [2.24, 2.45) is 5.10 Å². The lowest BCUT2D eigenvalue weighted by atomic mass is 10.2. The molecule has 2 aromatic rings. The van der Waals surface area contributed by atoms with Crippen LogP contribution in [0.25, 0.3) is 0 Å². The first-order valence-electron chi connectivity index (χ1n) is 5.73. The lowest BCUT2D eigenvalue weighted by Crippen LogP contribution is -1.96. The number of phenolic OH excluding ortho intramolecular Hbond substituents is 2. The fraction of sp³-hybridized carbons (Fsp3) is 0. The Bertz CT molecular complexity index is 695. The van der Waals surface area contributed by atoms with Crippen LogP contribution in [0.3, 0.4) is 0 Å². The fourth-order valence-corrected chi connectivity index (χ4v) is 1.81. The Kier molecular flexibility index (Phi) is 4.24. The highest BCUT2D eigenvalue weighted by Gasteiger charge is 2.11. The summed E-state index contributed by atoms with van der Waals surface area (Å²) < 4.78 is 0. The number of aromatic hydroxyl groups is 2. The normalized spacial score (nSPS) is 10.7. The van der Waals surface area contributed by atoms with Gasteiger partial charge in [-0.3, -0.25) is 15.5 Å². The number of hydrazone groups is 1. The maximum absolute atomic E-state index is 10.8. The molecular formula is C13H10ClN3O4. The maximum Gasteiger partial charge on any atom is 0.294 e. The molecule has 0 aliphatic rings. The summed E-state index contributed by atoms with van der Waals surface area (Å²) in [5.74, 6) is -0.796. The van der Waals surface area contributed by atoms with E-state index in [-0.39, 0.29) is 22.1 Å². The largest absolute Gasteiger partial charge is 0.504 e. The van der Waals surface area contributed by atoms with E-state index >= 15 is 0 Å². The summed E-state index contributed by atoms with van der Waals surface area (Å²) in [4.78, 5) is 10.3. The van der Waals surface area contributed by atoms with Gasteiger partial charge in [0, 0.05) is 6.07 Å². The van der Waals surface area contributed by atoms with Gasteiger partial charge >= 0.3 is 0 Å². The molecule has 0 saturated heterocycles. The molecule has 0 radical (unpaired) electrons. The van der Waals surface area contributed by atoms with Crippen molar-refractivity contribution < 1.29 is 15.1 Å². The monoisotopic (exact) mass is 307 g/mol. The van der Waals surface area contributed by atoms with E-state index in [2.05, 4.69) is 10.5 Å². The summed E-state index contributed by atoms with van der Waals surface area (Å²) in [6.45, 7) is 0. The van der Waals surface area contributed by atoms with Crippen molar-refractivity contribution in [2.75, 3.05) is 5.43 Å². The van der Waals surface area contributed by atoms with Gasteiger partial charge in [-0.05, 0) is 23.8 Å². The SMILES string of the molecule is O=[N+]([O-])c1ccccc1N/N=C/c1cc(O)c(O)c(Cl)c1. The van der Waals surface area contributed by atoms with Crippen LogP contribution < -0.4 is 5.43 Å². The standard InChI is InChI=1S/C13H10ClN3O4/c14-9-5-8(6-12(18)13(9)19)7-15-16-10-3-1-2-4-11(10)17(20)21/h1-7,16,18-19H/b15-7+. The van der Waals surface area contributed by atoms with Crippen LogP contribution in [0.15, 0.2) is 41.5 Å². The molecular weight excluding hydrogens is 298 g/mol. The zero-order valence-electron chi connectivity index (χ0n) is 10.5. The molecule has 2 rings (SSSR count). The number of nitrogens with zero attached hydrogens (tertiary/aromatic N) is 2. The van der Waals surface area contributed by atoms with E-state index in [4.69, 9.17) is 11.6 Å². The summed E-state index contributed by atoms with van der Waals surface area (Å²) in [5.41, 5.74) is 3.07. The van der Waals surface area contributed by atoms with Crippen molar-refractivity contribution in [2.45, 2.75) is 0 Å². The van der Waals surface area contributed by atoms with Gasteiger partial charge in [0.05, 0.1) is 16.2 Å². The van der Waals surface area contributed by atoms with Crippen molar-refractivity contribution >= 4 is 29.2 Å². The van der Waals surface area contributed by atoms with Crippen LogP contribution in [0.4, 0.5) is 11.4 Å². The quantitative estimate of drug-likeness (QED) is 0.348. The number of para-hydroxylation sites is 2. The predicted molar refractivity (Wildman–Crippen MR) is 79.1 cm³/mol. The first-order valence-corrected chi connectivity index (χ1v) is 6.11. The second-order valence-corrected chi connectivity index (χ2v) is 4.42. The third-order valence-electron chi connectivity index (χ3n) is 2.56. The molecule has 0 aliphatic carbocycles. The molecule has 0 bridgehead atoms. The molecule has 0 aromatic heterocycles. The molecule has 0 aliphatic heterocycles. The summed E-state index contributed by atoms with van der Waals surface area (Å²) in [7, 11) is 0. The number of rotatable bonds is 4. The Morgan fingerprint density at radius 1 is 1.29 bits per heavy atom. The van der Waals surface area contributed by atoms with Crippen LogP contribution in [-0.2, 0) is 0 Å². The molecule has 108 valence electrons. The second-order valence-electron chi connectivity index (χ2n) is 4.01. The number of anilines is 1. The Hall–Kier alpha value is -2.80. The minimum atomic E-state index is -0.527. The molecule has 0 saturated carbocycles. The molecule has 21 heavy (non-hydrogen) atoms. The number of hydrogen-bond donors (Lipinski definition) is 3. The Morgan fingerprint density at radius 2 is 2.00 bits per heavy atom. The van der Waals surface area contributed by atoms with Gasteiger partial charge in [0.15, 0.2) is 11.5 Å². The van der Waals surface area contributed by atoms with Crippen LogP contribution in [0.5, 0.6) is 11.5 Å². The first-order chi connectivity index (χ1) is 9.99. The van der Waals surface area contributed by atoms with Crippen LogP contribution in [-0.4, -0.2) is 21.4 Å². The molecule has 8 heteroatoms. The number of halogens is 1. The van der Waals surface area contributed by atoms with Crippen LogP contribution in [0.2, 0.25) is 5.02 Å². The molecule has 0 amide bonds. The van der Waals surface area contributed by atoms with Crippen molar-refractivity contribution in [1.82, 2.24) is 0 Å². The highest BCUT2D eigenvalue weighted by molar-refractivity contribution is 6.32. The first kappa shape index (κ1) is 14.6. The maximum atomic E-state index is 10.8. The topological polar surface area (TPSA) is 108 Å². The number of phenols is 2. The molecule has 3 N–H and O–H groups in total. The average molecular weight is 308 g/mol. The average Bonchev–Trinajstić information content (AvgIpc) is 2.45. The highest BCUT2D eigenvalue weighted by Crippen LogP contribution is 2.33. The van der Waals surface area contributed by atoms with Crippen LogP contribution >= 0.6 is 11.6 Å². The summed E-state index contributed by atoms with van der Waals surface area (Å²) >= 11 is 5.70. The van der Waals surface area contributed by atoms with E-state index in [1.807, 2.05) is 0 Å². The summed E-state index contributed by atoms with van der Waals surface area (Å²) in [5, 5.41) is 33.4. The lowest BCUT2D eigenvalue weighted by Gasteiger charge is -2.03. The smallest absolute Gasteiger partial charge is 0.294 e. The van der Waals surface area contributed by atoms with Gasteiger partial charge in [-0.25, -0.2) is 0 Å². The number of nitro benzene ring substituents is 1. The van der Waals surface area contributed by atoms with Crippen molar-refractivity contribution in [3.63, 3.8) is 0 Å². The van der Waals surface area contributed by atoms with E-state index < -0.39 is 10.7 Å². The molecule has 0 unspecified atom stereocenters. The Labute approximate surface area is 124 Å². The zero-order valence-corrected chi connectivity index (χ0v) is 11.3. The minimum absolute atomic E-state index is 0.0258. The van der Waals surface area contributed by atoms with Crippen molar-refractivity contribution in [3.8, 4) is 11.5 Å². The van der Waals surface area contributed by atoms with E-state index in [0.29, 0.717) is 5.56 Å². The molecule has 0 atom stereocenters. The van der Waals surface area contributed by atoms with Gasteiger partial charge in [0.1, 0.15) is 5.69 Å². The van der Waals surface area contributed by atoms with E-state index in [1.165, 1.54) is 30.5 Å². The second kappa shape index (κ2) is 6.10. The minimum Gasteiger partial charge on any atom is -0.504 e. The van der Waals surface area contributed by atoms with Gasteiger partial charge in [-0.1, -0.05) is 23.7 Å². The van der Waals surface area contributed by atoms with Crippen LogP contribution in [0, 0.1) is 10.1 Å². The Morgan fingerprint density at radius 3 is 2.67 bits per heavy atom. The van der Waals surface area contributed by atoms with E-state index in [9.17, 15) is 20.3 Å². The van der Waals surface area contributed by atoms with Crippen molar-refractivity contribution in [1.29, 1.82) is 0 Å². The number of benzene rings is 2. The summed E-state index contributed by atoms with van der Waals surface area (Å²) in [6.07, 6.45) is 1.31. The number of nitro groups is 1. The van der Waals surface area contributed by atoms with Crippen LogP contribution in [0.1, 0.15) is 5.56 Å². The number of nitrogens with one attached hydrogen (secondary N) is 1. The highest BCUT2D eigenvalue weighted by atomic mass is 35.5. The van der Waals surface area contributed by atoms with E-state index in [1.54, 1.807) is 12.1 Å². The molecule has 0 heterocycles. The lowest BCUT2D eigenvalue weighted by molar-refractivity contribution is -0.384. The Balaban J connectivity index is 2.19. The predicted octanol–water partition coefficient (Wildman–Crippen LogP) is 3.11. The fourth-order valence-electron chi connectivity index (χ4n) is 1.58. The van der Waals surface area contributed by atoms with Gasteiger partial charge in [0.2, 0.25) is 0 Å². The molecule has 7 nitrogen and oxygen atoms in total. The molecule has 2 aromatic carbocycles. The summed E-state index contributed by atoms with van der Waals surface area (Å²) in [6, 6.07) is 8.68. The molecule has 0 fully saturated rings.